The van der Waals surface area contributed by atoms with Crippen molar-refractivity contribution in [1.82, 2.24) is 13.7 Å². The van der Waals surface area contributed by atoms with E-state index in [1.165, 1.54) is 0 Å². The molecular formula is C15H21N3O12S3. The van der Waals surface area contributed by atoms with Crippen molar-refractivity contribution in [2.45, 2.75) is 33.9 Å². The van der Waals surface area contributed by atoms with Crippen LogP contribution in [0.2, 0.25) is 0 Å². The number of aliphatic hydroxyl groups is 3. The van der Waals surface area contributed by atoms with Crippen LogP contribution in [0.3, 0.4) is 0 Å². The SMILES string of the molecule is O=C(O)C(S)(CCO)n1c(=O)n(C(S)(CCO)C(=O)O)c(=O)n(C(S)(CCO)C(=O)O)c1=O. The van der Waals surface area contributed by atoms with Crippen molar-refractivity contribution >= 4 is 55.8 Å². The standard InChI is InChI=1S/C15H21N3O12S3/c19-4-1-13(31,7(22)23)16-10(28)17(14(32,2-5-20)8(24)25)12(30)18(11(16)29)15(33,3-6-21)9(26)27/h19-21,31-33H,1-6H2,(H,22,23)(H,24,25)(H,26,27). The Morgan fingerprint density at radius 3 is 0.879 bits per heavy atom. The first-order valence-corrected chi connectivity index (χ1v) is 10.2. The molecule has 18 heteroatoms. The van der Waals surface area contributed by atoms with Crippen molar-refractivity contribution in [2.75, 3.05) is 19.8 Å². The summed E-state index contributed by atoms with van der Waals surface area (Å²) >= 11 is 11.3. The Morgan fingerprint density at radius 1 is 0.576 bits per heavy atom. The molecule has 0 bridgehead atoms. The number of hydrogen-bond acceptors (Lipinski definition) is 12. The predicted octanol–water partition coefficient (Wildman–Crippen LogP) is -3.68. The zero-order valence-electron chi connectivity index (χ0n) is 16.6. The van der Waals surface area contributed by atoms with Gasteiger partial charge < -0.3 is 30.6 Å². The molecule has 1 heterocycles. The van der Waals surface area contributed by atoms with E-state index < -0.39 is 88.7 Å². The third-order valence-corrected chi connectivity index (χ3v) is 6.51. The average molecular weight is 532 g/mol. The van der Waals surface area contributed by atoms with Gasteiger partial charge in [0.25, 0.3) is 0 Å². The normalized spacial score (nSPS) is 16.9. The van der Waals surface area contributed by atoms with Crippen LogP contribution in [-0.2, 0) is 29.0 Å². The molecule has 0 amide bonds. The van der Waals surface area contributed by atoms with Crippen molar-refractivity contribution in [3.8, 4) is 0 Å². The fraction of sp³-hybridized carbons (Fsp3) is 0.600. The van der Waals surface area contributed by atoms with E-state index in [1.807, 2.05) is 0 Å². The molecule has 3 atom stereocenters. The van der Waals surface area contributed by atoms with Crippen LogP contribution < -0.4 is 17.1 Å². The molecule has 186 valence electrons. The molecule has 0 saturated heterocycles. The van der Waals surface area contributed by atoms with Crippen LogP contribution in [0.4, 0.5) is 0 Å². The van der Waals surface area contributed by atoms with E-state index in [0.717, 1.165) is 0 Å². The lowest BCUT2D eigenvalue weighted by Crippen LogP contribution is -2.68. The van der Waals surface area contributed by atoms with Crippen LogP contribution in [-0.4, -0.2) is 82.1 Å². The number of carbonyl (C=O) groups is 3. The first-order chi connectivity index (χ1) is 15.1. The van der Waals surface area contributed by atoms with Gasteiger partial charge in [0, 0.05) is 39.1 Å². The second kappa shape index (κ2) is 10.3. The van der Waals surface area contributed by atoms with Gasteiger partial charge in [-0.2, -0.15) is 0 Å². The number of hydrogen-bond donors (Lipinski definition) is 9. The van der Waals surface area contributed by atoms with Crippen molar-refractivity contribution in [2.24, 2.45) is 0 Å². The fourth-order valence-electron chi connectivity index (χ4n) is 2.91. The third-order valence-electron chi connectivity index (χ3n) is 4.67. The number of thiol groups is 3. The molecule has 0 spiro atoms. The molecule has 1 rings (SSSR count). The zero-order valence-corrected chi connectivity index (χ0v) is 19.2. The number of nitrogens with zero attached hydrogens (tertiary/aromatic N) is 3. The monoisotopic (exact) mass is 531 g/mol. The summed E-state index contributed by atoms with van der Waals surface area (Å²) in [5, 5.41) is 56.6. The van der Waals surface area contributed by atoms with Crippen LogP contribution in [0.25, 0.3) is 0 Å². The summed E-state index contributed by atoms with van der Waals surface area (Å²) in [6, 6.07) is 0. The minimum Gasteiger partial charge on any atom is -0.479 e. The molecule has 6 N–H and O–H groups in total. The zero-order chi connectivity index (χ0) is 25.9. The smallest absolute Gasteiger partial charge is 0.340 e. The van der Waals surface area contributed by atoms with Gasteiger partial charge in [-0.05, 0) is 0 Å². The molecule has 1 aromatic rings. The minimum atomic E-state index is -2.90. The molecule has 0 saturated carbocycles. The molecule has 0 radical (unpaired) electrons. The van der Waals surface area contributed by atoms with Crippen LogP contribution in [0, 0.1) is 0 Å². The Labute approximate surface area is 199 Å². The Hall–Kier alpha value is -2.25. The lowest BCUT2D eigenvalue weighted by atomic mass is 10.1. The molecule has 3 unspecified atom stereocenters. The van der Waals surface area contributed by atoms with Crippen molar-refractivity contribution in [3.05, 3.63) is 31.5 Å². The Bertz CT molecular complexity index is 962. The van der Waals surface area contributed by atoms with Crippen LogP contribution in [0.5, 0.6) is 0 Å². The number of carboxylic acid groups (broad SMARTS) is 3. The molecular weight excluding hydrogens is 510 g/mol. The van der Waals surface area contributed by atoms with Gasteiger partial charge in [-0.3, -0.25) is 0 Å². The topological polar surface area (TPSA) is 239 Å². The molecule has 0 aromatic carbocycles. The third kappa shape index (κ3) is 4.71. The summed E-state index contributed by atoms with van der Waals surface area (Å²) in [7, 11) is 0. The second-order valence-corrected chi connectivity index (χ2v) is 8.86. The Kier molecular flexibility index (Phi) is 9.02. The number of aliphatic carboxylic acids is 3. The highest BCUT2D eigenvalue weighted by atomic mass is 32.1. The predicted molar refractivity (Wildman–Crippen MR) is 118 cm³/mol. The summed E-state index contributed by atoms with van der Waals surface area (Å²) in [6.45, 7) is -2.90. The summed E-state index contributed by atoms with van der Waals surface area (Å²) in [4.78, 5) is 66.5. The number of aliphatic hydroxyl groups excluding tert-OH is 3. The van der Waals surface area contributed by atoms with E-state index in [1.54, 1.807) is 0 Å². The van der Waals surface area contributed by atoms with Crippen molar-refractivity contribution in [3.63, 3.8) is 0 Å². The molecule has 0 aliphatic carbocycles. The lowest BCUT2D eigenvalue weighted by molar-refractivity contribution is -0.143. The maximum Gasteiger partial charge on any atom is 0.340 e. The lowest BCUT2D eigenvalue weighted by Gasteiger charge is -2.33. The quantitative estimate of drug-likeness (QED) is 0.119. The van der Waals surface area contributed by atoms with Crippen LogP contribution in [0.1, 0.15) is 19.3 Å². The van der Waals surface area contributed by atoms with E-state index in [-0.39, 0.29) is 13.7 Å². The summed E-state index contributed by atoms with van der Waals surface area (Å²) in [6.07, 6.45) is -2.80. The fourth-order valence-corrected chi connectivity index (χ4v) is 3.72. The van der Waals surface area contributed by atoms with E-state index in [9.17, 15) is 59.4 Å². The number of aromatic nitrogens is 3. The van der Waals surface area contributed by atoms with Crippen LogP contribution in [0.15, 0.2) is 14.4 Å². The number of carboxylic acids is 3. The molecule has 33 heavy (non-hydrogen) atoms. The first-order valence-electron chi connectivity index (χ1n) is 8.84. The number of rotatable bonds is 12. The summed E-state index contributed by atoms with van der Waals surface area (Å²) in [5.74, 6) is -6.00. The summed E-state index contributed by atoms with van der Waals surface area (Å²) in [5.41, 5.74) is -5.66. The average Bonchev–Trinajstić information content (AvgIpc) is 2.67. The van der Waals surface area contributed by atoms with Gasteiger partial charge in [0.1, 0.15) is 0 Å². The Morgan fingerprint density at radius 2 is 0.758 bits per heavy atom. The van der Waals surface area contributed by atoms with Gasteiger partial charge in [0.15, 0.2) is 14.6 Å². The van der Waals surface area contributed by atoms with Gasteiger partial charge >= 0.3 is 35.0 Å². The first kappa shape index (κ1) is 28.8. The maximum absolute atomic E-state index is 13.2. The largest absolute Gasteiger partial charge is 0.479 e. The van der Waals surface area contributed by atoms with Crippen LogP contribution >= 0.6 is 37.9 Å². The maximum atomic E-state index is 13.2. The Balaban J connectivity index is 4.56. The van der Waals surface area contributed by atoms with E-state index in [2.05, 4.69) is 37.9 Å². The highest BCUT2D eigenvalue weighted by Gasteiger charge is 2.49. The molecule has 0 fully saturated rings. The summed E-state index contributed by atoms with van der Waals surface area (Å²) < 4.78 is -0.730. The van der Waals surface area contributed by atoms with Crippen molar-refractivity contribution in [1.29, 1.82) is 0 Å². The van der Waals surface area contributed by atoms with E-state index >= 15 is 0 Å². The van der Waals surface area contributed by atoms with Gasteiger partial charge in [0.2, 0.25) is 0 Å². The molecule has 1 aromatic heterocycles. The molecule has 15 nitrogen and oxygen atoms in total. The second-order valence-electron chi connectivity index (χ2n) is 6.64. The highest BCUT2D eigenvalue weighted by molar-refractivity contribution is 7.82. The van der Waals surface area contributed by atoms with E-state index in [4.69, 9.17) is 0 Å². The van der Waals surface area contributed by atoms with Gasteiger partial charge in [-0.15, -0.1) is 37.9 Å². The molecule has 0 aliphatic rings. The molecule has 0 aliphatic heterocycles. The van der Waals surface area contributed by atoms with Gasteiger partial charge in [0.05, 0.1) is 0 Å². The van der Waals surface area contributed by atoms with E-state index in [0.29, 0.717) is 0 Å². The van der Waals surface area contributed by atoms with Gasteiger partial charge in [-0.1, -0.05) is 0 Å². The minimum absolute atomic E-state index is 0.243. The van der Waals surface area contributed by atoms with Crippen molar-refractivity contribution < 1.29 is 45.0 Å². The van der Waals surface area contributed by atoms with Gasteiger partial charge in [-0.25, -0.2) is 42.5 Å². The highest BCUT2D eigenvalue weighted by Crippen LogP contribution is 2.28.